The average molecular weight is 279 g/mol. The van der Waals surface area contributed by atoms with Gasteiger partial charge >= 0.3 is 0 Å². The van der Waals surface area contributed by atoms with Crippen molar-refractivity contribution in [3.05, 3.63) is 0 Å². The van der Waals surface area contributed by atoms with Gasteiger partial charge in [-0.05, 0) is 64.2 Å². The highest BCUT2D eigenvalue weighted by molar-refractivity contribution is 4.99. The van der Waals surface area contributed by atoms with E-state index in [1.54, 1.807) is 0 Å². The van der Waals surface area contributed by atoms with Gasteiger partial charge in [0.15, 0.2) is 0 Å². The molecule has 2 saturated heterocycles. The maximum atomic E-state index is 3.67. The molecule has 3 nitrogen and oxygen atoms in total. The van der Waals surface area contributed by atoms with E-state index in [-0.39, 0.29) is 0 Å². The van der Waals surface area contributed by atoms with Crippen LogP contribution in [0.15, 0.2) is 0 Å². The number of nitrogens with zero attached hydrogens (tertiary/aromatic N) is 2. The zero-order chi connectivity index (χ0) is 14.2. The predicted molar refractivity (Wildman–Crippen MR) is 85.1 cm³/mol. The van der Waals surface area contributed by atoms with E-state index in [9.17, 15) is 0 Å². The summed E-state index contributed by atoms with van der Waals surface area (Å²) < 4.78 is 0. The van der Waals surface area contributed by atoms with Gasteiger partial charge in [-0.25, -0.2) is 0 Å². The van der Waals surface area contributed by atoms with E-state index in [0.29, 0.717) is 11.5 Å². The lowest BCUT2D eigenvalue weighted by molar-refractivity contribution is 0.0481. The average Bonchev–Trinajstić information content (AvgIpc) is 2.75. The number of rotatable bonds is 2. The SMILES string of the molecule is CNC1C(N2CCCN3CCCC3C2)CCCC1(C)C. The first-order chi connectivity index (χ1) is 9.62. The van der Waals surface area contributed by atoms with Gasteiger partial charge in [0.1, 0.15) is 0 Å². The molecule has 0 bridgehead atoms. The molecule has 1 aliphatic carbocycles. The Hall–Kier alpha value is -0.120. The van der Waals surface area contributed by atoms with Crippen LogP contribution in [-0.4, -0.2) is 61.2 Å². The van der Waals surface area contributed by atoms with Crippen molar-refractivity contribution in [3.8, 4) is 0 Å². The Morgan fingerprint density at radius 3 is 2.50 bits per heavy atom. The second kappa shape index (κ2) is 5.94. The van der Waals surface area contributed by atoms with Crippen molar-refractivity contribution >= 4 is 0 Å². The van der Waals surface area contributed by atoms with Crippen LogP contribution in [0.3, 0.4) is 0 Å². The van der Waals surface area contributed by atoms with Gasteiger partial charge < -0.3 is 5.32 Å². The second-order valence-electron chi connectivity index (χ2n) is 7.90. The van der Waals surface area contributed by atoms with E-state index in [2.05, 4.69) is 36.0 Å². The molecule has 3 aliphatic rings. The molecule has 0 aromatic rings. The van der Waals surface area contributed by atoms with Gasteiger partial charge in [-0.1, -0.05) is 20.3 Å². The summed E-state index contributed by atoms with van der Waals surface area (Å²) in [5.41, 5.74) is 0.444. The molecule has 1 N–H and O–H groups in total. The summed E-state index contributed by atoms with van der Waals surface area (Å²) in [5, 5.41) is 3.67. The van der Waals surface area contributed by atoms with Crippen molar-refractivity contribution in [1.82, 2.24) is 15.1 Å². The number of nitrogens with one attached hydrogen (secondary N) is 1. The number of likely N-dealkylation sites (N-methyl/N-ethyl adjacent to an activating group) is 1. The summed E-state index contributed by atoms with van der Waals surface area (Å²) in [5.74, 6) is 0. The fourth-order valence-corrected chi connectivity index (χ4v) is 5.12. The van der Waals surface area contributed by atoms with Gasteiger partial charge in [0.05, 0.1) is 0 Å². The first kappa shape index (κ1) is 14.8. The minimum atomic E-state index is 0.444. The molecule has 116 valence electrons. The molecule has 3 fully saturated rings. The molecule has 2 heterocycles. The van der Waals surface area contributed by atoms with Gasteiger partial charge in [0.25, 0.3) is 0 Å². The van der Waals surface area contributed by atoms with Crippen LogP contribution in [0, 0.1) is 5.41 Å². The van der Waals surface area contributed by atoms with Crippen LogP contribution in [-0.2, 0) is 0 Å². The molecule has 0 aromatic carbocycles. The predicted octanol–water partition coefficient (Wildman–Crippen LogP) is 2.32. The largest absolute Gasteiger partial charge is 0.315 e. The standard InChI is InChI=1S/C17H33N3/c1-17(2)9-4-8-15(16(17)18-3)20-12-6-11-19-10-5-7-14(19)13-20/h14-16,18H,4-13H2,1-3H3. The summed E-state index contributed by atoms with van der Waals surface area (Å²) in [4.78, 5) is 5.60. The van der Waals surface area contributed by atoms with Gasteiger partial charge in [-0.2, -0.15) is 0 Å². The zero-order valence-corrected chi connectivity index (χ0v) is 13.7. The Kier molecular flexibility index (Phi) is 4.40. The topological polar surface area (TPSA) is 18.5 Å². The fraction of sp³-hybridized carbons (Fsp3) is 1.00. The Balaban J connectivity index is 1.73. The summed E-state index contributed by atoms with van der Waals surface area (Å²) in [6.07, 6.45) is 8.38. The molecule has 1 saturated carbocycles. The van der Waals surface area contributed by atoms with Crippen LogP contribution in [0.2, 0.25) is 0 Å². The molecule has 0 aromatic heterocycles. The minimum Gasteiger partial charge on any atom is -0.315 e. The van der Waals surface area contributed by atoms with Crippen LogP contribution in [0.1, 0.15) is 52.4 Å². The molecule has 3 unspecified atom stereocenters. The smallest absolute Gasteiger partial charge is 0.0271 e. The van der Waals surface area contributed by atoms with E-state index in [4.69, 9.17) is 0 Å². The summed E-state index contributed by atoms with van der Waals surface area (Å²) in [6, 6.07) is 2.26. The molecule has 0 radical (unpaired) electrons. The van der Waals surface area contributed by atoms with Crippen molar-refractivity contribution in [2.24, 2.45) is 5.41 Å². The first-order valence-electron chi connectivity index (χ1n) is 8.77. The Morgan fingerprint density at radius 1 is 0.950 bits per heavy atom. The molecule has 2 aliphatic heterocycles. The van der Waals surface area contributed by atoms with Crippen LogP contribution in [0.25, 0.3) is 0 Å². The van der Waals surface area contributed by atoms with Crippen molar-refractivity contribution in [3.63, 3.8) is 0 Å². The summed E-state index contributed by atoms with van der Waals surface area (Å²) >= 11 is 0. The van der Waals surface area contributed by atoms with Gasteiger partial charge in [-0.15, -0.1) is 0 Å². The zero-order valence-electron chi connectivity index (χ0n) is 13.7. The lowest BCUT2D eigenvalue weighted by Gasteiger charge is -2.48. The third-order valence-electron chi connectivity index (χ3n) is 6.16. The fourth-order valence-electron chi connectivity index (χ4n) is 5.12. The van der Waals surface area contributed by atoms with Crippen LogP contribution < -0.4 is 5.32 Å². The summed E-state index contributed by atoms with van der Waals surface area (Å²) in [7, 11) is 2.17. The van der Waals surface area contributed by atoms with E-state index in [0.717, 1.165) is 12.1 Å². The molecule has 3 atom stereocenters. The molecule has 3 heteroatoms. The maximum absolute atomic E-state index is 3.67. The highest BCUT2D eigenvalue weighted by atomic mass is 15.3. The van der Waals surface area contributed by atoms with Gasteiger partial charge in [0, 0.05) is 24.7 Å². The normalized spacial score (nSPS) is 39.5. The Bertz CT molecular complexity index is 328. The Labute approximate surface area is 125 Å². The third kappa shape index (κ3) is 2.77. The summed E-state index contributed by atoms with van der Waals surface area (Å²) in [6.45, 7) is 10.2. The van der Waals surface area contributed by atoms with Gasteiger partial charge in [0.2, 0.25) is 0 Å². The maximum Gasteiger partial charge on any atom is 0.0271 e. The van der Waals surface area contributed by atoms with E-state index < -0.39 is 0 Å². The van der Waals surface area contributed by atoms with Crippen LogP contribution in [0.5, 0.6) is 0 Å². The van der Waals surface area contributed by atoms with Gasteiger partial charge in [-0.3, -0.25) is 9.80 Å². The number of fused-ring (bicyclic) bond motifs is 1. The van der Waals surface area contributed by atoms with E-state index >= 15 is 0 Å². The monoisotopic (exact) mass is 279 g/mol. The molecule has 0 spiro atoms. The lowest BCUT2D eigenvalue weighted by Crippen LogP contribution is -2.59. The molecular formula is C17H33N3. The van der Waals surface area contributed by atoms with Crippen LogP contribution in [0.4, 0.5) is 0 Å². The molecule has 20 heavy (non-hydrogen) atoms. The van der Waals surface area contributed by atoms with Crippen molar-refractivity contribution in [2.45, 2.75) is 70.5 Å². The van der Waals surface area contributed by atoms with Crippen molar-refractivity contribution in [1.29, 1.82) is 0 Å². The molecule has 3 rings (SSSR count). The quantitative estimate of drug-likeness (QED) is 0.837. The number of hydrogen-bond acceptors (Lipinski definition) is 3. The highest BCUT2D eigenvalue weighted by Crippen LogP contribution is 2.38. The Morgan fingerprint density at radius 2 is 1.70 bits per heavy atom. The lowest BCUT2D eigenvalue weighted by atomic mass is 9.70. The van der Waals surface area contributed by atoms with E-state index in [1.807, 2.05) is 0 Å². The highest BCUT2D eigenvalue weighted by Gasteiger charge is 2.42. The molecular weight excluding hydrogens is 246 g/mol. The molecule has 0 amide bonds. The number of hydrogen-bond donors (Lipinski definition) is 1. The third-order valence-corrected chi connectivity index (χ3v) is 6.16. The minimum absolute atomic E-state index is 0.444. The van der Waals surface area contributed by atoms with E-state index in [1.165, 1.54) is 64.7 Å². The second-order valence-corrected chi connectivity index (χ2v) is 7.90. The first-order valence-corrected chi connectivity index (χ1v) is 8.77. The van der Waals surface area contributed by atoms with Crippen LogP contribution >= 0.6 is 0 Å². The van der Waals surface area contributed by atoms with Crippen molar-refractivity contribution in [2.75, 3.05) is 33.2 Å². The van der Waals surface area contributed by atoms with Crippen molar-refractivity contribution < 1.29 is 0 Å².